The molecule has 0 saturated carbocycles. The third-order valence-corrected chi connectivity index (χ3v) is 3.39. The smallest absolute Gasteiger partial charge is 0.311 e. The summed E-state index contributed by atoms with van der Waals surface area (Å²) in [6, 6.07) is 11.7. The summed E-state index contributed by atoms with van der Waals surface area (Å²) >= 11 is 0. The van der Waals surface area contributed by atoms with Gasteiger partial charge < -0.3 is 14.8 Å². The summed E-state index contributed by atoms with van der Waals surface area (Å²) in [7, 11) is 0. The lowest BCUT2D eigenvalue weighted by atomic mass is 10.1. The molecule has 25 heavy (non-hydrogen) atoms. The van der Waals surface area contributed by atoms with E-state index in [0.29, 0.717) is 13.2 Å². The number of benzene rings is 2. The van der Waals surface area contributed by atoms with Gasteiger partial charge in [-0.1, -0.05) is 17.7 Å². The highest BCUT2D eigenvalue weighted by Gasteiger charge is 2.18. The predicted molar refractivity (Wildman–Crippen MR) is 93.3 cm³/mol. The molecule has 0 aliphatic heterocycles. The van der Waals surface area contributed by atoms with Gasteiger partial charge in [-0.2, -0.15) is 0 Å². The zero-order valence-corrected chi connectivity index (χ0v) is 14.2. The molecule has 0 fully saturated rings. The Morgan fingerprint density at radius 2 is 1.88 bits per heavy atom. The van der Waals surface area contributed by atoms with Crippen LogP contribution in [0.3, 0.4) is 0 Å². The van der Waals surface area contributed by atoms with Gasteiger partial charge in [0.2, 0.25) is 0 Å². The van der Waals surface area contributed by atoms with Crippen molar-refractivity contribution in [1.82, 2.24) is 5.32 Å². The van der Waals surface area contributed by atoms with Crippen LogP contribution in [0.2, 0.25) is 0 Å². The van der Waals surface area contributed by atoms with Crippen molar-refractivity contribution in [3.8, 4) is 11.5 Å². The van der Waals surface area contributed by atoms with Crippen molar-refractivity contribution >= 4 is 11.6 Å². The summed E-state index contributed by atoms with van der Waals surface area (Å²) in [6.07, 6.45) is 0. The Morgan fingerprint density at radius 3 is 2.52 bits per heavy atom. The highest BCUT2D eigenvalue weighted by molar-refractivity contribution is 5.95. The quantitative estimate of drug-likeness (QED) is 0.451. The van der Waals surface area contributed by atoms with E-state index in [9.17, 15) is 14.9 Å². The first-order valence-electron chi connectivity index (χ1n) is 7.90. The van der Waals surface area contributed by atoms with Crippen molar-refractivity contribution in [2.24, 2.45) is 0 Å². The minimum Gasteiger partial charge on any atom is -0.492 e. The van der Waals surface area contributed by atoms with Gasteiger partial charge in [-0.25, -0.2) is 0 Å². The standard InChI is InChI=1S/C18H20N2O5/c1-3-24-17-9-6-14(12-16(17)20(22)23)18(21)19-10-11-25-15-7-4-13(2)5-8-15/h4-9,12H,3,10-11H2,1-2H3,(H,19,21). The molecule has 7 heteroatoms. The SMILES string of the molecule is CCOc1ccc(C(=O)NCCOc2ccc(C)cc2)cc1[N+](=O)[O-]. The molecule has 0 unspecified atom stereocenters. The van der Waals surface area contributed by atoms with Gasteiger partial charge in [-0.3, -0.25) is 14.9 Å². The molecule has 0 aromatic heterocycles. The van der Waals surface area contributed by atoms with Gasteiger partial charge in [0, 0.05) is 11.6 Å². The number of hydrogen-bond acceptors (Lipinski definition) is 5. The van der Waals surface area contributed by atoms with Crippen LogP contribution >= 0.6 is 0 Å². The van der Waals surface area contributed by atoms with E-state index < -0.39 is 10.8 Å². The van der Waals surface area contributed by atoms with Crippen LogP contribution in [0.15, 0.2) is 42.5 Å². The second-order valence-corrected chi connectivity index (χ2v) is 5.29. The molecule has 1 N–H and O–H groups in total. The lowest BCUT2D eigenvalue weighted by Crippen LogP contribution is -2.28. The van der Waals surface area contributed by atoms with Gasteiger partial charge in [0.1, 0.15) is 12.4 Å². The molecule has 132 valence electrons. The van der Waals surface area contributed by atoms with Crippen molar-refractivity contribution in [3.05, 3.63) is 63.7 Å². The largest absolute Gasteiger partial charge is 0.492 e. The topological polar surface area (TPSA) is 90.7 Å². The van der Waals surface area contributed by atoms with E-state index >= 15 is 0 Å². The summed E-state index contributed by atoms with van der Waals surface area (Å²) in [6.45, 7) is 4.61. The van der Waals surface area contributed by atoms with Crippen LogP contribution in [0.4, 0.5) is 5.69 Å². The third kappa shape index (κ3) is 5.20. The number of amides is 1. The number of nitrogens with zero attached hydrogens (tertiary/aromatic N) is 1. The van der Waals surface area contributed by atoms with Crippen molar-refractivity contribution in [2.75, 3.05) is 19.8 Å². The molecule has 0 heterocycles. The number of hydrogen-bond donors (Lipinski definition) is 1. The number of aryl methyl sites for hydroxylation is 1. The van der Waals surface area contributed by atoms with Crippen molar-refractivity contribution in [1.29, 1.82) is 0 Å². The van der Waals surface area contributed by atoms with Crippen LogP contribution in [0.25, 0.3) is 0 Å². The maximum absolute atomic E-state index is 12.1. The number of nitro benzene ring substituents is 1. The maximum Gasteiger partial charge on any atom is 0.311 e. The summed E-state index contributed by atoms with van der Waals surface area (Å²) < 4.78 is 10.7. The number of ether oxygens (including phenoxy) is 2. The summed E-state index contributed by atoms with van der Waals surface area (Å²) in [5, 5.41) is 13.8. The van der Waals surface area contributed by atoms with Gasteiger partial charge in [0.05, 0.1) is 18.1 Å². The summed E-state index contributed by atoms with van der Waals surface area (Å²) in [4.78, 5) is 22.6. The number of rotatable bonds is 8. The molecule has 0 saturated heterocycles. The molecule has 0 spiro atoms. The molecule has 0 radical (unpaired) electrons. The fourth-order valence-electron chi connectivity index (χ4n) is 2.15. The fraction of sp³-hybridized carbons (Fsp3) is 0.278. The minimum absolute atomic E-state index is 0.145. The maximum atomic E-state index is 12.1. The van der Waals surface area contributed by atoms with Gasteiger partial charge in [0.15, 0.2) is 5.75 Å². The zero-order chi connectivity index (χ0) is 18.2. The molecule has 7 nitrogen and oxygen atoms in total. The van der Waals surface area contributed by atoms with Crippen LogP contribution in [0.5, 0.6) is 11.5 Å². The molecular weight excluding hydrogens is 324 g/mol. The van der Waals surface area contributed by atoms with Gasteiger partial charge in [0.25, 0.3) is 5.91 Å². The average molecular weight is 344 g/mol. The molecule has 2 aromatic rings. The van der Waals surface area contributed by atoms with Crippen LogP contribution < -0.4 is 14.8 Å². The molecular formula is C18H20N2O5. The van der Waals surface area contributed by atoms with E-state index in [1.807, 2.05) is 31.2 Å². The normalized spacial score (nSPS) is 10.2. The summed E-state index contributed by atoms with van der Waals surface area (Å²) in [5.74, 6) is 0.460. The molecule has 0 bridgehead atoms. The highest BCUT2D eigenvalue weighted by Crippen LogP contribution is 2.27. The molecule has 0 atom stereocenters. The molecule has 2 rings (SSSR count). The number of nitro groups is 1. The van der Waals surface area contributed by atoms with Crippen LogP contribution in [0.1, 0.15) is 22.8 Å². The molecule has 0 aliphatic carbocycles. The predicted octanol–water partition coefficient (Wildman–Crippen LogP) is 3.11. The third-order valence-electron chi connectivity index (χ3n) is 3.39. The Morgan fingerprint density at radius 1 is 1.16 bits per heavy atom. The van der Waals surface area contributed by atoms with E-state index in [1.165, 1.54) is 18.2 Å². The Bertz CT molecular complexity index is 744. The molecule has 0 aliphatic rings. The van der Waals surface area contributed by atoms with E-state index in [4.69, 9.17) is 9.47 Å². The first-order chi connectivity index (χ1) is 12.0. The van der Waals surface area contributed by atoms with Gasteiger partial charge in [-0.15, -0.1) is 0 Å². The first-order valence-corrected chi connectivity index (χ1v) is 7.90. The van der Waals surface area contributed by atoms with Crippen molar-refractivity contribution < 1.29 is 19.2 Å². The monoisotopic (exact) mass is 344 g/mol. The molecule has 2 aromatic carbocycles. The number of nitrogens with one attached hydrogen (secondary N) is 1. The van der Waals surface area contributed by atoms with Gasteiger partial charge in [-0.05, 0) is 38.1 Å². The zero-order valence-electron chi connectivity index (χ0n) is 14.2. The first kappa shape index (κ1) is 18.3. The minimum atomic E-state index is -0.567. The van der Waals surface area contributed by atoms with E-state index in [-0.39, 0.29) is 23.5 Å². The Kier molecular flexibility index (Phi) is 6.33. The second-order valence-electron chi connectivity index (χ2n) is 5.29. The Hall–Kier alpha value is -3.09. The fourth-order valence-corrected chi connectivity index (χ4v) is 2.15. The Labute approximate surface area is 145 Å². The van der Waals surface area contributed by atoms with Crippen LogP contribution in [0, 0.1) is 17.0 Å². The lowest BCUT2D eigenvalue weighted by molar-refractivity contribution is -0.385. The van der Waals surface area contributed by atoms with Crippen LogP contribution in [-0.2, 0) is 0 Å². The van der Waals surface area contributed by atoms with Crippen molar-refractivity contribution in [3.63, 3.8) is 0 Å². The van der Waals surface area contributed by atoms with Crippen molar-refractivity contribution in [2.45, 2.75) is 13.8 Å². The van der Waals surface area contributed by atoms with E-state index in [1.54, 1.807) is 6.92 Å². The van der Waals surface area contributed by atoms with E-state index in [0.717, 1.165) is 11.3 Å². The highest BCUT2D eigenvalue weighted by atomic mass is 16.6. The van der Waals surface area contributed by atoms with E-state index in [2.05, 4.69) is 5.32 Å². The van der Waals surface area contributed by atoms with Gasteiger partial charge >= 0.3 is 5.69 Å². The number of carbonyl (C=O) groups is 1. The lowest BCUT2D eigenvalue weighted by Gasteiger charge is -2.09. The number of carbonyl (C=O) groups excluding carboxylic acids is 1. The average Bonchev–Trinajstić information content (AvgIpc) is 2.60. The Balaban J connectivity index is 1.90. The second kappa shape index (κ2) is 8.68. The summed E-state index contributed by atoms with van der Waals surface area (Å²) in [5.41, 5.74) is 1.11. The molecule has 1 amide bonds. The van der Waals surface area contributed by atoms with Crippen LogP contribution in [-0.4, -0.2) is 30.6 Å².